The number of furan rings is 1. The lowest BCUT2D eigenvalue weighted by Gasteiger charge is -2.14. The summed E-state index contributed by atoms with van der Waals surface area (Å²) in [6, 6.07) is 67.2. The van der Waals surface area contributed by atoms with Gasteiger partial charge in [0, 0.05) is 27.5 Å². The van der Waals surface area contributed by atoms with E-state index in [0.717, 1.165) is 94.3 Å². The average molecular weight is 782 g/mol. The van der Waals surface area contributed by atoms with Gasteiger partial charge in [0.05, 0.1) is 0 Å². The van der Waals surface area contributed by atoms with Crippen LogP contribution >= 0.6 is 0 Å². The molecule has 0 unspecified atom stereocenters. The van der Waals surface area contributed by atoms with Crippen molar-refractivity contribution >= 4 is 27.5 Å². The normalized spacial score (nSPS) is 11.5. The first-order valence-corrected chi connectivity index (χ1v) is 20.3. The Morgan fingerprint density at radius 2 is 0.885 bits per heavy atom. The van der Waals surface area contributed by atoms with Crippen molar-refractivity contribution < 1.29 is 4.42 Å². The van der Waals surface area contributed by atoms with Crippen LogP contribution in [0, 0.1) is 0 Å². The molecule has 2 heterocycles. The van der Waals surface area contributed by atoms with Crippen LogP contribution in [0.15, 0.2) is 230 Å². The van der Waals surface area contributed by atoms with Gasteiger partial charge in [-0.3, -0.25) is 0 Å². The lowest BCUT2D eigenvalue weighted by atomic mass is 9.90. The molecule has 0 bridgehead atoms. The van der Waals surface area contributed by atoms with E-state index in [1.807, 2.05) is 72.8 Å². The van der Waals surface area contributed by atoms with Gasteiger partial charge in [0.25, 0.3) is 0 Å². The Morgan fingerprint density at radius 1 is 0.393 bits per heavy atom. The maximum atomic E-state index is 6.48. The van der Waals surface area contributed by atoms with Crippen molar-refractivity contribution in [3.8, 4) is 78.7 Å². The van der Waals surface area contributed by atoms with Crippen LogP contribution in [0.1, 0.15) is 5.56 Å². The highest BCUT2D eigenvalue weighted by atomic mass is 16.3. The average Bonchev–Trinajstić information content (AvgIpc) is 3.72. The fraction of sp³-hybridized carbons (Fsp3) is 0. The zero-order valence-electron chi connectivity index (χ0n) is 33.4. The molecular weight excluding hydrogens is 743 g/mol. The molecule has 2 aromatic heterocycles. The minimum absolute atomic E-state index is 0.583. The van der Waals surface area contributed by atoms with Crippen LogP contribution in [0.25, 0.3) is 106 Å². The summed E-state index contributed by atoms with van der Waals surface area (Å²) >= 11 is 0. The van der Waals surface area contributed by atoms with Crippen molar-refractivity contribution in [1.29, 1.82) is 0 Å². The molecule has 0 amide bonds. The third kappa shape index (κ3) is 7.28. The van der Waals surface area contributed by atoms with E-state index in [1.54, 1.807) is 0 Å². The van der Waals surface area contributed by atoms with E-state index >= 15 is 0 Å². The van der Waals surface area contributed by atoms with Crippen LogP contribution in [-0.2, 0) is 0 Å². The predicted octanol–water partition coefficient (Wildman–Crippen LogP) is 15.2. The lowest BCUT2D eigenvalue weighted by Crippen LogP contribution is -2.00. The maximum absolute atomic E-state index is 6.48. The van der Waals surface area contributed by atoms with E-state index in [9.17, 15) is 0 Å². The largest absolute Gasteiger partial charge is 0.456 e. The molecule has 0 radical (unpaired) electrons. The Hall–Kier alpha value is -8.21. The molecular formula is C57H39N3O. The van der Waals surface area contributed by atoms with E-state index in [-0.39, 0.29) is 0 Å². The number of fused-ring (bicyclic) bond motifs is 3. The molecule has 0 aliphatic rings. The molecule has 10 rings (SSSR count). The zero-order valence-corrected chi connectivity index (χ0v) is 33.4. The molecule has 0 atom stereocenters. The number of hydrogen-bond donors (Lipinski definition) is 0. The lowest BCUT2D eigenvalue weighted by molar-refractivity contribution is 0.669. The summed E-state index contributed by atoms with van der Waals surface area (Å²) in [6.07, 6.45) is 5.71. The standard InChI is InChI=1S/C57H39N3O/c1-3-15-38(4-2)50-36-46(32-34-48(50)43-18-10-6-11-19-43)41-24-26-42(27-25-41)47-33-35-52-51(37-47)54-49(22-14-23-53(54)61-52)57-59-55(44-20-12-7-13-21-44)58-56(60-57)45-30-28-40(29-31-45)39-16-8-5-9-17-39/h3-37H,1-2H2/b38-15+. The maximum Gasteiger partial charge on any atom is 0.164 e. The van der Waals surface area contributed by atoms with E-state index in [4.69, 9.17) is 19.4 Å². The SMILES string of the molecule is C=C/C=C(\C=C)c1cc(-c2ccc(-c3ccc4oc5cccc(-c6nc(-c7ccccc7)nc(-c7ccc(-c8ccccc8)cc7)n6)c5c4c3)cc2)ccc1-c1ccccc1. The van der Waals surface area contributed by atoms with E-state index < -0.39 is 0 Å². The molecule has 8 aromatic carbocycles. The molecule has 4 nitrogen and oxygen atoms in total. The van der Waals surface area contributed by atoms with E-state index in [1.165, 1.54) is 0 Å². The van der Waals surface area contributed by atoms with Gasteiger partial charge < -0.3 is 4.42 Å². The first-order valence-electron chi connectivity index (χ1n) is 20.3. The summed E-state index contributed by atoms with van der Waals surface area (Å²) in [4.78, 5) is 15.2. The molecule has 61 heavy (non-hydrogen) atoms. The van der Waals surface area contributed by atoms with Gasteiger partial charge in [0.15, 0.2) is 17.5 Å². The van der Waals surface area contributed by atoms with E-state index in [0.29, 0.717) is 17.5 Å². The second-order valence-corrected chi connectivity index (χ2v) is 14.9. The van der Waals surface area contributed by atoms with Crippen molar-refractivity contribution in [1.82, 2.24) is 15.0 Å². The van der Waals surface area contributed by atoms with Gasteiger partial charge in [-0.1, -0.05) is 201 Å². The number of benzene rings is 8. The van der Waals surface area contributed by atoms with Gasteiger partial charge in [-0.25, -0.2) is 15.0 Å². The van der Waals surface area contributed by atoms with Crippen LogP contribution in [0.5, 0.6) is 0 Å². The summed E-state index contributed by atoms with van der Waals surface area (Å²) in [5.41, 5.74) is 15.4. The first-order chi connectivity index (χ1) is 30.1. The minimum atomic E-state index is 0.583. The number of aromatic nitrogens is 3. The van der Waals surface area contributed by atoms with Gasteiger partial charge >= 0.3 is 0 Å². The summed E-state index contributed by atoms with van der Waals surface area (Å²) in [7, 11) is 0. The van der Waals surface area contributed by atoms with Crippen molar-refractivity contribution in [3.63, 3.8) is 0 Å². The fourth-order valence-corrected chi connectivity index (χ4v) is 8.06. The number of allylic oxidation sites excluding steroid dienone is 4. The van der Waals surface area contributed by atoms with Gasteiger partial charge in [-0.15, -0.1) is 0 Å². The Balaban J connectivity index is 1.04. The highest BCUT2D eigenvalue weighted by Crippen LogP contribution is 2.40. The highest BCUT2D eigenvalue weighted by molar-refractivity contribution is 6.12. The number of nitrogens with zero attached hydrogens (tertiary/aromatic N) is 3. The monoisotopic (exact) mass is 781 g/mol. The molecule has 288 valence electrons. The molecule has 4 heteroatoms. The van der Waals surface area contributed by atoms with Gasteiger partial charge in [-0.2, -0.15) is 0 Å². The number of rotatable bonds is 10. The Morgan fingerprint density at radius 3 is 1.51 bits per heavy atom. The van der Waals surface area contributed by atoms with Crippen molar-refractivity contribution in [2.45, 2.75) is 0 Å². The van der Waals surface area contributed by atoms with Crippen LogP contribution in [0.3, 0.4) is 0 Å². The quantitative estimate of drug-likeness (QED) is 0.130. The zero-order chi connectivity index (χ0) is 41.1. The Kier molecular flexibility index (Phi) is 9.85. The van der Waals surface area contributed by atoms with Crippen LogP contribution < -0.4 is 0 Å². The molecule has 0 aliphatic carbocycles. The van der Waals surface area contributed by atoms with Crippen LogP contribution in [0.4, 0.5) is 0 Å². The highest BCUT2D eigenvalue weighted by Gasteiger charge is 2.19. The smallest absolute Gasteiger partial charge is 0.164 e. The summed E-state index contributed by atoms with van der Waals surface area (Å²) in [6.45, 7) is 8.06. The van der Waals surface area contributed by atoms with Crippen molar-refractivity contribution in [3.05, 3.63) is 231 Å². The summed E-state index contributed by atoms with van der Waals surface area (Å²) in [5.74, 6) is 1.80. The molecule has 0 aliphatic heterocycles. The second kappa shape index (κ2) is 16.2. The molecule has 0 saturated carbocycles. The van der Waals surface area contributed by atoms with Crippen LogP contribution in [0.2, 0.25) is 0 Å². The molecule has 0 spiro atoms. The molecule has 0 N–H and O–H groups in total. The van der Waals surface area contributed by atoms with Crippen molar-refractivity contribution in [2.75, 3.05) is 0 Å². The second-order valence-electron chi connectivity index (χ2n) is 14.9. The molecule has 0 fully saturated rings. The van der Waals surface area contributed by atoms with Crippen LogP contribution in [-0.4, -0.2) is 15.0 Å². The summed E-state index contributed by atoms with van der Waals surface area (Å²) < 4.78 is 6.48. The number of hydrogen-bond acceptors (Lipinski definition) is 4. The summed E-state index contributed by atoms with van der Waals surface area (Å²) in [5, 5.41) is 1.96. The fourth-order valence-electron chi connectivity index (χ4n) is 8.06. The van der Waals surface area contributed by atoms with Gasteiger partial charge in [0.2, 0.25) is 0 Å². The minimum Gasteiger partial charge on any atom is -0.456 e. The molecule has 0 saturated heterocycles. The third-order valence-electron chi connectivity index (χ3n) is 11.1. The first kappa shape index (κ1) is 37.1. The Bertz CT molecular complexity index is 3240. The van der Waals surface area contributed by atoms with Gasteiger partial charge in [0.1, 0.15) is 11.2 Å². The van der Waals surface area contributed by atoms with Crippen molar-refractivity contribution in [2.24, 2.45) is 0 Å². The Labute approximate surface area is 355 Å². The van der Waals surface area contributed by atoms with Gasteiger partial charge in [-0.05, 0) is 79.9 Å². The predicted molar refractivity (Wildman–Crippen MR) is 254 cm³/mol. The topological polar surface area (TPSA) is 51.8 Å². The third-order valence-corrected chi connectivity index (χ3v) is 11.1. The van der Waals surface area contributed by atoms with E-state index in [2.05, 4.69) is 153 Å². The molecule has 10 aromatic rings.